The van der Waals surface area contributed by atoms with Crippen molar-refractivity contribution in [1.82, 2.24) is 16.0 Å². The number of amides is 4. The highest BCUT2D eigenvalue weighted by molar-refractivity contribution is 7.98. The first-order chi connectivity index (χ1) is 15.3. The van der Waals surface area contributed by atoms with E-state index in [-0.39, 0.29) is 31.1 Å². The number of aliphatic carboxylic acids is 1. The number of carbonyl (C=O) groups is 5. The summed E-state index contributed by atoms with van der Waals surface area (Å²) < 4.78 is 0. The van der Waals surface area contributed by atoms with Crippen LogP contribution in [0.4, 0.5) is 0 Å². The largest absolute Gasteiger partial charge is 0.480 e. The predicted molar refractivity (Wildman–Crippen MR) is 127 cm³/mol. The maximum atomic E-state index is 13.0. The van der Waals surface area contributed by atoms with E-state index in [9.17, 15) is 29.1 Å². The summed E-state index contributed by atoms with van der Waals surface area (Å²) in [7, 11) is 0. The van der Waals surface area contributed by atoms with Gasteiger partial charge in [0.25, 0.3) is 0 Å². The molecule has 8 N–H and O–H groups in total. The van der Waals surface area contributed by atoms with Crippen LogP contribution in [0.15, 0.2) is 0 Å². The molecule has 5 unspecified atom stereocenters. The van der Waals surface area contributed by atoms with Gasteiger partial charge in [0.05, 0.1) is 12.5 Å². The average Bonchev–Trinajstić information content (AvgIpc) is 2.72. The molecular weight excluding hydrogens is 450 g/mol. The maximum absolute atomic E-state index is 13.0. The minimum Gasteiger partial charge on any atom is -0.480 e. The maximum Gasteiger partial charge on any atom is 0.326 e. The molecule has 0 rings (SSSR count). The van der Waals surface area contributed by atoms with Crippen LogP contribution in [0.25, 0.3) is 0 Å². The predicted octanol–water partition coefficient (Wildman–Crippen LogP) is -0.427. The Morgan fingerprint density at radius 1 is 0.939 bits per heavy atom. The van der Waals surface area contributed by atoms with Gasteiger partial charge >= 0.3 is 5.97 Å². The normalized spacial score (nSPS) is 15.6. The van der Waals surface area contributed by atoms with Crippen molar-refractivity contribution in [1.29, 1.82) is 0 Å². The van der Waals surface area contributed by atoms with E-state index in [4.69, 9.17) is 11.5 Å². The van der Waals surface area contributed by atoms with Gasteiger partial charge in [-0.25, -0.2) is 4.79 Å². The van der Waals surface area contributed by atoms with Gasteiger partial charge in [0.2, 0.25) is 23.6 Å². The van der Waals surface area contributed by atoms with Crippen LogP contribution in [0, 0.1) is 11.8 Å². The lowest BCUT2D eigenvalue weighted by Crippen LogP contribution is -2.58. The van der Waals surface area contributed by atoms with Gasteiger partial charge in [-0.1, -0.05) is 34.1 Å². The van der Waals surface area contributed by atoms with Crippen LogP contribution >= 0.6 is 11.8 Å². The molecule has 0 aliphatic carbocycles. The molecular formula is C21H39N5O6S. The van der Waals surface area contributed by atoms with Crippen molar-refractivity contribution in [2.24, 2.45) is 23.3 Å². The number of hydrogen-bond donors (Lipinski definition) is 6. The van der Waals surface area contributed by atoms with Crippen LogP contribution in [0.2, 0.25) is 0 Å². The Morgan fingerprint density at radius 3 is 1.94 bits per heavy atom. The smallest absolute Gasteiger partial charge is 0.326 e. The van der Waals surface area contributed by atoms with Gasteiger partial charge in [-0.2, -0.15) is 11.8 Å². The number of carboxylic acid groups (broad SMARTS) is 1. The summed E-state index contributed by atoms with van der Waals surface area (Å²) in [5.41, 5.74) is 10.7. The molecule has 11 nitrogen and oxygen atoms in total. The molecule has 12 heteroatoms. The van der Waals surface area contributed by atoms with E-state index in [2.05, 4.69) is 16.0 Å². The van der Waals surface area contributed by atoms with Gasteiger partial charge in [-0.3, -0.25) is 19.2 Å². The first-order valence-electron chi connectivity index (χ1n) is 11.0. The first kappa shape index (κ1) is 30.7. The van der Waals surface area contributed by atoms with E-state index < -0.39 is 53.8 Å². The Kier molecular flexibility index (Phi) is 14.4. The fourth-order valence-corrected chi connectivity index (χ4v) is 3.48. The van der Waals surface area contributed by atoms with E-state index in [1.165, 1.54) is 11.8 Å². The number of carboxylic acids is 1. The Labute approximate surface area is 199 Å². The number of thioether (sulfide) groups is 1. The summed E-state index contributed by atoms with van der Waals surface area (Å²) in [6.07, 6.45) is 2.56. The molecule has 0 aliphatic heterocycles. The molecule has 190 valence electrons. The Balaban J connectivity index is 5.51. The van der Waals surface area contributed by atoms with Gasteiger partial charge < -0.3 is 32.5 Å². The van der Waals surface area contributed by atoms with Crippen molar-refractivity contribution < 1.29 is 29.1 Å². The highest BCUT2D eigenvalue weighted by atomic mass is 32.2. The molecule has 0 aromatic heterocycles. The zero-order chi connectivity index (χ0) is 25.7. The van der Waals surface area contributed by atoms with Crippen molar-refractivity contribution in [2.75, 3.05) is 12.0 Å². The van der Waals surface area contributed by atoms with E-state index in [1.54, 1.807) is 6.92 Å². The second kappa shape index (κ2) is 15.5. The second-order valence-corrected chi connectivity index (χ2v) is 9.51. The molecule has 33 heavy (non-hydrogen) atoms. The molecule has 0 aromatic carbocycles. The van der Waals surface area contributed by atoms with Crippen LogP contribution in [0.3, 0.4) is 0 Å². The van der Waals surface area contributed by atoms with Crippen molar-refractivity contribution in [3.63, 3.8) is 0 Å². The molecule has 0 spiro atoms. The fourth-order valence-electron chi connectivity index (χ4n) is 3.00. The average molecular weight is 490 g/mol. The molecule has 0 saturated carbocycles. The number of nitrogens with two attached hydrogens (primary N) is 2. The third-order valence-electron chi connectivity index (χ3n) is 5.12. The van der Waals surface area contributed by atoms with E-state index in [0.29, 0.717) is 12.2 Å². The number of rotatable bonds is 16. The highest BCUT2D eigenvalue weighted by Crippen LogP contribution is 2.11. The van der Waals surface area contributed by atoms with Crippen molar-refractivity contribution in [2.45, 2.75) is 77.5 Å². The monoisotopic (exact) mass is 489 g/mol. The van der Waals surface area contributed by atoms with E-state index in [0.717, 1.165) is 0 Å². The molecule has 0 bridgehead atoms. The van der Waals surface area contributed by atoms with Crippen LogP contribution in [-0.4, -0.2) is 70.9 Å². The molecule has 0 saturated heterocycles. The van der Waals surface area contributed by atoms with Crippen molar-refractivity contribution >= 4 is 41.4 Å². The molecule has 0 aromatic rings. The molecule has 0 fully saturated rings. The second-order valence-electron chi connectivity index (χ2n) is 8.52. The van der Waals surface area contributed by atoms with Gasteiger partial charge in [0.15, 0.2) is 0 Å². The van der Waals surface area contributed by atoms with Gasteiger partial charge in [-0.05, 0) is 36.7 Å². The van der Waals surface area contributed by atoms with Crippen LogP contribution < -0.4 is 27.4 Å². The third kappa shape index (κ3) is 11.9. The fraction of sp³-hybridized carbons (Fsp3) is 0.762. The number of carbonyl (C=O) groups excluding carboxylic acids is 4. The zero-order valence-electron chi connectivity index (χ0n) is 20.1. The number of primary amides is 1. The minimum atomic E-state index is -1.20. The van der Waals surface area contributed by atoms with E-state index >= 15 is 0 Å². The lowest BCUT2D eigenvalue weighted by molar-refractivity contribution is -0.144. The van der Waals surface area contributed by atoms with E-state index in [1.807, 2.05) is 27.0 Å². The highest BCUT2D eigenvalue weighted by Gasteiger charge is 2.32. The quantitative estimate of drug-likeness (QED) is 0.168. The lowest BCUT2D eigenvalue weighted by atomic mass is 9.97. The third-order valence-corrected chi connectivity index (χ3v) is 5.76. The topological polar surface area (TPSA) is 194 Å². The minimum absolute atomic E-state index is 0.0242. The van der Waals surface area contributed by atoms with Crippen molar-refractivity contribution in [3.8, 4) is 0 Å². The lowest BCUT2D eigenvalue weighted by Gasteiger charge is -2.27. The summed E-state index contributed by atoms with van der Waals surface area (Å²) in [6.45, 7) is 7.28. The Morgan fingerprint density at radius 2 is 1.48 bits per heavy atom. The Bertz CT molecular complexity index is 690. The SMILES string of the molecule is CCC(C)C(NC(=O)C(CC(C)C)NC(=O)C(CCSC)NC(=O)C(N)CC(N)=O)C(=O)O. The van der Waals surface area contributed by atoms with Gasteiger partial charge in [0.1, 0.15) is 18.1 Å². The summed E-state index contributed by atoms with van der Waals surface area (Å²) >= 11 is 1.47. The summed E-state index contributed by atoms with van der Waals surface area (Å²) in [5.74, 6) is -3.54. The zero-order valence-corrected chi connectivity index (χ0v) is 20.9. The summed E-state index contributed by atoms with van der Waals surface area (Å²) in [4.78, 5) is 60.8. The molecule has 4 amide bonds. The van der Waals surface area contributed by atoms with Crippen LogP contribution in [0.5, 0.6) is 0 Å². The molecule has 5 atom stereocenters. The first-order valence-corrected chi connectivity index (χ1v) is 12.4. The number of nitrogens with one attached hydrogen (secondary N) is 3. The van der Waals surface area contributed by atoms with Gasteiger partial charge in [-0.15, -0.1) is 0 Å². The molecule has 0 heterocycles. The molecule has 0 aliphatic rings. The van der Waals surface area contributed by atoms with Crippen LogP contribution in [0.1, 0.15) is 53.4 Å². The van der Waals surface area contributed by atoms with Gasteiger partial charge in [0, 0.05) is 0 Å². The molecule has 0 radical (unpaired) electrons. The summed E-state index contributed by atoms with van der Waals surface area (Å²) in [5, 5.41) is 17.2. The number of hydrogen-bond acceptors (Lipinski definition) is 7. The standard InChI is InChI=1S/C21H39N5O6S/c1-6-12(4)17(21(31)32)26-20(30)15(9-11(2)3)25-19(29)14(7-8-33-5)24-18(28)13(22)10-16(23)27/h11-15,17H,6-10,22H2,1-5H3,(H2,23,27)(H,24,28)(H,25,29)(H,26,30)(H,31,32). The van der Waals surface area contributed by atoms with Crippen LogP contribution in [-0.2, 0) is 24.0 Å². The Hall–Kier alpha value is -2.34. The van der Waals surface area contributed by atoms with Crippen molar-refractivity contribution in [3.05, 3.63) is 0 Å². The summed E-state index contributed by atoms with van der Waals surface area (Å²) in [6, 6.07) is -4.27.